The third kappa shape index (κ3) is 1.72. The van der Waals surface area contributed by atoms with Crippen LogP contribution in [0, 0.1) is 0 Å². The molecule has 4 nitrogen and oxygen atoms in total. The first-order valence-electron chi connectivity index (χ1n) is 4.90. The summed E-state index contributed by atoms with van der Waals surface area (Å²) in [5, 5.41) is 11.6. The molecule has 0 bridgehead atoms. The van der Waals surface area contributed by atoms with Gasteiger partial charge >= 0.3 is 0 Å². The van der Waals surface area contributed by atoms with Gasteiger partial charge in [-0.05, 0) is 26.8 Å². The molecule has 0 saturated carbocycles. The standard InChI is InChI=1S/C9H16N4/c1-7(2)13-6-9(11-12-13)8-3-4-10-5-8/h6-8,10H,3-5H2,1-2H3. The lowest BCUT2D eigenvalue weighted by atomic mass is 10.1. The van der Waals surface area contributed by atoms with E-state index >= 15 is 0 Å². The summed E-state index contributed by atoms with van der Waals surface area (Å²) >= 11 is 0. The SMILES string of the molecule is CC(C)n1cc(C2CCNC2)nn1. The molecule has 0 amide bonds. The Balaban J connectivity index is 2.12. The number of aromatic nitrogens is 3. The predicted molar refractivity (Wildman–Crippen MR) is 50.6 cm³/mol. The first kappa shape index (κ1) is 8.69. The molecular weight excluding hydrogens is 164 g/mol. The average Bonchev–Trinajstić information content (AvgIpc) is 2.75. The van der Waals surface area contributed by atoms with E-state index in [1.165, 1.54) is 6.42 Å². The maximum absolute atomic E-state index is 4.19. The van der Waals surface area contributed by atoms with Gasteiger partial charge in [0.15, 0.2) is 0 Å². The van der Waals surface area contributed by atoms with E-state index in [1.54, 1.807) is 0 Å². The summed E-state index contributed by atoms with van der Waals surface area (Å²) in [5.41, 5.74) is 1.14. The minimum Gasteiger partial charge on any atom is -0.316 e. The lowest BCUT2D eigenvalue weighted by Crippen LogP contribution is -2.08. The van der Waals surface area contributed by atoms with Gasteiger partial charge in [-0.2, -0.15) is 0 Å². The zero-order valence-electron chi connectivity index (χ0n) is 8.20. The predicted octanol–water partition coefficient (Wildman–Crippen LogP) is 0.936. The van der Waals surface area contributed by atoms with E-state index in [4.69, 9.17) is 0 Å². The van der Waals surface area contributed by atoms with Crippen LogP contribution < -0.4 is 5.32 Å². The van der Waals surface area contributed by atoms with Crippen molar-refractivity contribution in [3.05, 3.63) is 11.9 Å². The van der Waals surface area contributed by atoms with Gasteiger partial charge in [-0.3, -0.25) is 0 Å². The highest BCUT2D eigenvalue weighted by atomic mass is 15.4. The van der Waals surface area contributed by atoms with Gasteiger partial charge in [0, 0.05) is 24.7 Å². The molecule has 13 heavy (non-hydrogen) atoms. The molecule has 1 fully saturated rings. The second-order valence-corrected chi connectivity index (χ2v) is 3.91. The Morgan fingerprint density at radius 1 is 1.62 bits per heavy atom. The van der Waals surface area contributed by atoms with E-state index in [2.05, 4.69) is 35.7 Å². The Labute approximate surface area is 78.3 Å². The summed E-state index contributed by atoms with van der Waals surface area (Å²) in [5.74, 6) is 0.576. The fourth-order valence-electron chi connectivity index (χ4n) is 1.64. The van der Waals surface area contributed by atoms with Gasteiger partial charge in [-0.25, -0.2) is 4.68 Å². The van der Waals surface area contributed by atoms with Crippen molar-refractivity contribution < 1.29 is 0 Å². The Morgan fingerprint density at radius 2 is 2.46 bits per heavy atom. The number of nitrogens with zero attached hydrogens (tertiary/aromatic N) is 3. The Bertz CT molecular complexity index is 273. The summed E-state index contributed by atoms with van der Waals surface area (Å²) in [7, 11) is 0. The first-order chi connectivity index (χ1) is 6.27. The molecule has 2 rings (SSSR count). The van der Waals surface area contributed by atoms with Crippen molar-refractivity contribution >= 4 is 0 Å². The van der Waals surface area contributed by atoms with Crippen LogP contribution in [0.1, 0.15) is 37.9 Å². The number of hydrogen-bond acceptors (Lipinski definition) is 3. The van der Waals surface area contributed by atoms with Crippen molar-refractivity contribution in [2.45, 2.75) is 32.2 Å². The average molecular weight is 180 g/mol. The summed E-state index contributed by atoms with van der Waals surface area (Å²) < 4.78 is 1.92. The van der Waals surface area contributed by atoms with Crippen molar-refractivity contribution in [3.8, 4) is 0 Å². The van der Waals surface area contributed by atoms with Gasteiger partial charge in [0.05, 0.1) is 5.69 Å². The number of hydrogen-bond donors (Lipinski definition) is 1. The maximum Gasteiger partial charge on any atom is 0.0871 e. The van der Waals surface area contributed by atoms with Crippen molar-refractivity contribution in [3.63, 3.8) is 0 Å². The zero-order valence-corrected chi connectivity index (χ0v) is 8.20. The number of nitrogens with one attached hydrogen (secondary N) is 1. The molecule has 1 aromatic rings. The van der Waals surface area contributed by atoms with E-state index in [9.17, 15) is 0 Å². The second-order valence-electron chi connectivity index (χ2n) is 3.91. The van der Waals surface area contributed by atoms with Crippen molar-refractivity contribution in [2.75, 3.05) is 13.1 Å². The summed E-state index contributed by atoms with van der Waals surface area (Å²) in [6, 6.07) is 0.413. The van der Waals surface area contributed by atoms with Crippen molar-refractivity contribution in [1.29, 1.82) is 0 Å². The van der Waals surface area contributed by atoms with E-state index in [0.29, 0.717) is 12.0 Å². The van der Waals surface area contributed by atoms with Crippen LogP contribution in [0.15, 0.2) is 6.20 Å². The molecule has 0 spiro atoms. The highest BCUT2D eigenvalue weighted by Crippen LogP contribution is 2.20. The topological polar surface area (TPSA) is 42.7 Å². The van der Waals surface area contributed by atoms with Gasteiger partial charge in [-0.15, -0.1) is 5.10 Å². The molecular formula is C9H16N4. The quantitative estimate of drug-likeness (QED) is 0.736. The van der Waals surface area contributed by atoms with Gasteiger partial charge in [0.25, 0.3) is 0 Å². The van der Waals surface area contributed by atoms with Crippen LogP contribution in [-0.2, 0) is 0 Å². The molecule has 0 radical (unpaired) electrons. The van der Waals surface area contributed by atoms with Crippen LogP contribution >= 0.6 is 0 Å². The Hall–Kier alpha value is -0.900. The smallest absolute Gasteiger partial charge is 0.0871 e. The van der Waals surface area contributed by atoms with Gasteiger partial charge in [-0.1, -0.05) is 5.21 Å². The molecule has 72 valence electrons. The summed E-state index contributed by atoms with van der Waals surface area (Å²) in [4.78, 5) is 0. The van der Waals surface area contributed by atoms with E-state index < -0.39 is 0 Å². The largest absolute Gasteiger partial charge is 0.316 e. The molecule has 4 heteroatoms. The second kappa shape index (κ2) is 3.46. The number of rotatable bonds is 2. The lowest BCUT2D eigenvalue weighted by Gasteiger charge is -2.03. The normalized spacial score (nSPS) is 22.8. The van der Waals surface area contributed by atoms with Gasteiger partial charge in [0.1, 0.15) is 0 Å². The molecule has 1 unspecified atom stereocenters. The summed E-state index contributed by atoms with van der Waals surface area (Å²) in [6.07, 6.45) is 3.26. The van der Waals surface area contributed by atoms with E-state index in [0.717, 1.165) is 18.8 Å². The lowest BCUT2D eigenvalue weighted by molar-refractivity contribution is 0.514. The Morgan fingerprint density at radius 3 is 3.00 bits per heavy atom. The van der Waals surface area contributed by atoms with Gasteiger partial charge < -0.3 is 5.32 Å². The van der Waals surface area contributed by atoms with Crippen LogP contribution in [-0.4, -0.2) is 28.1 Å². The van der Waals surface area contributed by atoms with Crippen molar-refractivity contribution in [2.24, 2.45) is 0 Å². The zero-order chi connectivity index (χ0) is 9.26. The van der Waals surface area contributed by atoms with Gasteiger partial charge in [0.2, 0.25) is 0 Å². The molecule has 1 aromatic heterocycles. The first-order valence-corrected chi connectivity index (χ1v) is 4.90. The monoisotopic (exact) mass is 180 g/mol. The van der Waals surface area contributed by atoms with E-state index in [1.807, 2.05) is 4.68 Å². The molecule has 0 aliphatic carbocycles. The minimum absolute atomic E-state index is 0.413. The Kier molecular flexibility index (Phi) is 2.31. The third-order valence-electron chi connectivity index (χ3n) is 2.54. The fraction of sp³-hybridized carbons (Fsp3) is 0.778. The van der Waals surface area contributed by atoms with E-state index in [-0.39, 0.29) is 0 Å². The van der Waals surface area contributed by atoms with Crippen LogP contribution in [0.2, 0.25) is 0 Å². The molecule has 1 saturated heterocycles. The molecule has 1 N–H and O–H groups in total. The van der Waals surface area contributed by atoms with Crippen LogP contribution in [0.4, 0.5) is 0 Å². The molecule has 0 aromatic carbocycles. The molecule has 2 heterocycles. The molecule has 1 aliphatic rings. The van der Waals surface area contributed by atoms with Crippen LogP contribution in [0.3, 0.4) is 0 Å². The van der Waals surface area contributed by atoms with Crippen LogP contribution in [0.25, 0.3) is 0 Å². The molecule has 1 aliphatic heterocycles. The molecule has 1 atom stereocenters. The third-order valence-corrected chi connectivity index (χ3v) is 2.54. The van der Waals surface area contributed by atoms with Crippen LogP contribution in [0.5, 0.6) is 0 Å². The highest BCUT2D eigenvalue weighted by molar-refractivity contribution is 5.05. The minimum atomic E-state index is 0.413. The highest BCUT2D eigenvalue weighted by Gasteiger charge is 2.19. The van der Waals surface area contributed by atoms with Crippen molar-refractivity contribution in [1.82, 2.24) is 20.3 Å². The fourth-order valence-corrected chi connectivity index (χ4v) is 1.64. The summed E-state index contributed by atoms with van der Waals surface area (Å²) in [6.45, 7) is 6.40. The maximum atomic E-state index is 4.19.